The molecule has 1 aromatic heterocycles. The van der Waals surface area contributed by atoms with Gasteiger partial charge in [0.25, 0.3) is 0 Å². The molecule has 2 rings (SSSR count). The Balaban J connectivity index is 2.89. The molecule has 1 aromatic carbocycles. The van der Waals surface area contributed by atoms with Gasteiger partial charge in [-0.25, -0.2) is 0 Å². The Morgan fingerprint density at radius 1 is 1.08 bits per heavy atom. The molecule has 12 heavy (non-hydrogen) atoms. The molecule has 0 N–H and O–H groups in total. The number of hydrogen-bond donors (Lipinski definition) is 0. The first-order chi connectivity index (χ1) is 5.68. The quantitative estimate of drug-likeness (QED) is 0.572. The minimum Gasteiger partial charge on any atom is -0.140 e. The first-order valence-corrected chi connectivity index (χ1v) is 4.96. The van der Waals surface area contributed by atoms with Crippen molar-refractivity contribution in [1.82, 2.24) is 0 Å². The van der Waals surface area contributed by atoms with Crippen LogP contribution in [0.1, 0.15) is 16.0 Å². The Morgan fingerprint density at radius 3 is 2.58 bits per heavy atom. The van der Waals surface area contributed by atoms with Crippen molar-refractivity contribution in [3.05, 3.63) is 34.2 Å². The van der Waals surface area contributed by atoms with Gasteiger partial charge in [0.1, 0.15) is 0 Å². The summed E-state index contributed by atoms with van der Waals surface area (Å²) >= 11 is 1.89. The monoisotopic (exact) mass is 176 g/mol. The average Bonchev–Trinajstić information content (AvgIpc) is 2.39. The van der Waals surface area contributed by atoms with Gasteiger partial charge in [-0.05, 0) is 43.4 Å². The third-order valence-corrected chi connectivity index (χ3v) is 3.51. The SMILES string of the molecule is Cc1cc2ccc(C)c(C)c2s1. The fourth-order valence-electron chi connectivity index (χ4n) is 1.47. The maximum absolute atomic E-state index is 2.26. The maximum atomic E-state index is 2.26. The number of benzene rings is 1. The van der Waals surface area contributed by atoms with Crippen LogP contribution in [-0.4, -0.2) is 0 Å². The highest BCUT2D eigenvalue weighted by molar-refractivity contribution is 7.19. The lowest BCUT2D eigenvalue weighted by molar-refractivity contribution is 1.39. The van der Waals surface area contributed by atoms with Crippen molar-refractivity contribution in [2.75, 3.05) is 0 Å². The van der Waals surface area contributed by atoms with Crippen LogP contribution in [0.4, 0.5) is 0 Å². The number of thiophene rings is 1. The van der Waals surface area contributed by atoms with E-state index in [-0.39, 0.29) is 0 Å². The van der Waals surface area contributed by atoms with E-state index in [0.29, 0.717) is 0 Å². The van der Waals surface area contributed by atoms with Gasteiger partial charge in [-0.1, -0.05) is 12.1 Å². The third-order valence-electron chi connectivity index (χ3n) is 2.33. The van der Waals surface area contributed by atoms with E-state index in [1.807, 2.05) is 11.3 Å². The number of rotatable bonds is 0. The lowest BCUT2D eigenvalue weighted by Crippen LogP contribution is -1.77. The van der Waals surface area contributed by atoms with Crippen molar-refractivity contribution < 1.29 is 0 Å². The molecule has 0 aliphatic rings. The van der Waals surface area contributed by atoms with Gasteiger partial charge < -0.3 is 0 Å². The van der Waals surface area contributed by atoms with Gasteiger partial charge in [0.15, 0.2) is 0 Å². The van der Waals surface area contributed by atoms with Crippen LogP contribution in [0.25, 0.3) is 10.1 Å². The molecule has 0 aliphatic carbocycles. The van der Waals surface area contributed by atoms with E-state index in [2.05, 4.69) is 39.0 Å². The first-order valence-electron chi connectivity index (χ1n) is 4.15. The molecule has 0 saturated heterocycles. The van der Waals surface area contributed by atoms with Crippen molar-refractivity contribution in [1.29, 1.82) is 0 Å². The second-order valence-corrected chi connectivity index (χ2v) is 4.54. The van der Waals surface area contributed by atoms with Crippen LogP contribution < -0.4 is 0 Å². The standard InChI is InChI=1S/C11H12S/c1-7-4-5-10-6-8(2)12-11(10)9(7)3/h4-6H,1-3H3. The van der Waals surface area contributed by atoms with Crippen LogP contribution in [0.5, 0.6) is 0 Å². The summed E-state index contributed by atoms with van der Waals surface area (Å²) in [6, 6.07) is 6.66. The lowest BCUT2D eigenvalue weighted by Gasteiger charge is -1.99. The van der Waals surface area contributed by atoms with E-state index < -0.39 is 0 Å². The Hall–Kier alpha value is -0.820. The molecule has 0 nitrogen and oxygen atoms in total. The van der Waals surface area contributed by atoms with Gasteiger partial charge in [-0.2, -0.15) is 0 Å². The molecular weight excluding hydrogens is 164 g/mol. The van der Waals surface area contributed by atoms with Crippen LogP contribution in [0.15, 0.2) is 18.2 Å². The van der Waals surface area contributed by atoms with E-state index in [1.54, 1.807) is 0 Å². The van der Waals surface area contributed by atoms with E-state index in [1.165, 1.54) is 26.1 Å². The summed E-state index contributed by atoms with van der Waals surface area (Å²) < 4.78 is 1.45. The summed E-state index contributed by atoms with van der Waals surface area (Å²) in [6.45, 7) is 6.54. The zero-order valence-corrected chi connectivity index (χ0v) is 8.46. The van der Waals surface area contributed by atoms with Crippen molar-refractivity contribution in [2.24, 2.45) is 0 Å². The van der Waals surface area contributed by atoms with Crippen LogP contribution >= 0.6 is 11.3 Å². The zero-order valence-electron chi connectivity index (χ0n) is 7.64. The van der Waals surface area contributed by atoms with E-state index in [9.17, 15) is 0 Å². The predicted octanol–water partition coefficient (Wildman–Crippen LogP) is 3.83. The number of fused-ring (bicyclic) bond motifs is 1. The zero-order chi connectivity index (χ0) is 8.72. The van der Waals surface area contributed by atoms with Gasteiger partial charge >= 0.3 is 0 Å². The van der Waals surface area contributed by atoms with E-state index >= 15 is 0 Å². The van der Waals surface area contributed by atoms with Crippen molar-refractivity contribution >= 4 is 21.4 Å². The largest absolute Gasteiger partial charge is 0.140 e. The fraction of sp³-hybridized carbons (Fsp3) is 0.273. The lowest BCUT2D eigenvalue weighted by atomic mass is 10.1. The molecule has 0 spiro atoms. The van der Waals surface area contributed by atoms with Crippen molar-refractivity contribution in [3.63, 3.8) is 0 Å². The van der Waals surface area contributed by atoms with Crippen LogP contribution in [0.2, 0.25) is 0 Å². The molecule has 0 fully saturated rings. The summed E-state index contributed by atoms with van der Waals surface area (Å²) in [5.74, 6) is 0. The van der Waals surface area contributed by atoms with Crippen molar-refractivity contribution in [2.45, 2.75) is 20.8 Å². The summed E-state index contributed by atoms with van der Waals surface area (Å²) in [6.07, 6.45) is 0. The third kappa shape index (κ3) is 1.05. The second kappa shape index (κ2) is 2.60. The minimum atomic E-state index is 1.39. The highest BCUT2D eigenvalue weighted by Gasteiger charge is 2.02. The van der Waals surface area contributed by atoms with E-state index in [4.69, 9.17) is 0 Å². The smallest absolute Gasteiger partial charge is 0.0377 e. The molecule has 62 valence electrons. The topological polar surface area (TPSA) is 0 Å². The molecule has 1 heterocycles. The highest BCUT2D eigenvalue weighted by Crippen LogP contribution is 2.29. The number of aryl methyl sites for hydroxylation is 3. The average molecular weight is 176 g/mol. The van der Waals surface area contributed by atoms with Crippen LogP contribution in [0, 0.1) is 20.8 Å². The molecule has 0 saturated carbocycles. The predicted molar refractivity (Wildman–Crippen MR) is 56.0 cm³/mol. The fourth-order valence-corrected chi connectivity index (χ4v) is 2.54. The molecule has 0 amide bonds. The van der Waals surface area contributed by atoms with Gasteiger partial charge in [-0.15, -0.1) is 11.3 Å². The number of hydrogen-bond acceptors (Lipinski definition) is 1. The molecule has 0 unspecified atom stereocenters. The Bertz CT molecular complexity index is 424. The Kier molecular flexibility index (Phi) is 1.69. The van der Waals surface area contributed by atoms with Gasteiger partial charge in [0.2, 0.25) is 0 Å². The van der Waals surface area contributed by atoms with Crippen LogP contribution in [0.3, 0.4) is 0 Å². The van der Waals surface area contributed by atoms with Gasteiger partial charge in [-0.3, -0.25) is 0 Å². The Morgan fingerprint density at radius 2 is 1.83 bits per heavy atom. The molecule has 0 atom stereocenters. The first kappa shape index (κ1) is 7.81. The summed E-state index contributed by atoms with van der Waals surface area (Å²) in [5, 5.41) is 1.39. The molecule has 0 radical (unpaired) electrons. The summed E-state index contributed by atoms with van der Waals surface area (Å²) in [4.78, 5) is 1.40. The highest BCUT2D eigenvalue weighted by atomic mass is 32.1. The summed E-state index contributed by atoms with van der Waals surface area (Å²) in [5.41, 5.74) is 2.83. The minimum absolute atomic E-state index is 1.39. The normalized spacial score (nSPS) is 10.9. The van der Waals surface area contributed by atoms with Gasteiger partial charge in [0, 0.05) is 9.58 Å². The van der Waals surface area contributed by atoms with Crippen molar-refractivity contribution in [3.8, 4) is 0 Å². The molecule has 0 bridgehead atoms. The van der Waals surface area contributed by atoms with Crippen LogP contribution in [-0.2, 0) is 0 Å². The van der Waals surface area contributed by atoms with E-state index in [0.717, 1.165) is 0 Å². The summed E-state index contributed by atoms with van der Waals surface area (Å²) in [7, 11) is 0. The molecule has 2 aromatic rings. The Labute approximate surface area is 76.8 Å². The molecular formula is C11H12S. The van der Waals surface area contributed by atoms with Gasteiger partial charge in [0.05, 0.1) is 0 Å². The second-order valence-electron chi connectivity index (χ2n) is 3.28. The molecule has 1 heteroatoms. The maximum Gasteiger partial charge on any atom is 0.0377 e. The molecule has 0 aliphatic heterocycles.